The zero-order valence-electron chi connectivity index (χ0n) is 16.3. The largest absolute Gasteiger partial charge is 0.497 e. The summed E-state index contributed by atoms with van der Waals surface area (Å²) in [6, 6.07) is 15.2. The predicted octanol–water partition coefficient (Wildman–Crippen LogP) is 0.997. The van der Waals surface area contributed by atoms with Crippen LogP contribution < -0.4 is 25.2 Å². The molecule has 7 nitrogen and oxygen atoms in total. The maximum absolute atomic E-state index is 12.3. The summed E-state index contributed by atoms with van der Waals surface area (Å²) in [7, 11) is 1.67. The first-order valence-electron chi connectivity index (χ1n) is 9.43. The molecular formula is C21H27N4O3+. The Hall–Kier alpha value is -3.06. The number of anilines is 3. The number of amides is 2. The van der Waals surface area contributed by atoms with Gasteiger partial charge in [0.25, 0.3) is 5.91 Å². The highest BCUT2D eigenvalue weighted by atomic mass is 16.5. The summed E-state index contributed by atoms with van der Waals surface area (Å²) < 4.78 is 5.20. The van der Waals surface area contributed by atoms with Gasteiger partial charge in [0, 0.05) is 24.0 Å². The molecule has 2 aromatic carbocycles. The van der Waals surface area contributed by atoms with Gasteiger partial charge in [-0.05, 0) is 48.5 Å². The summed E-state index contributed by atoms with van der Waals surface area (Å²) in [5, 5.41) is 5.63. The van der Waals surface area contributed by atoms with Gasteiger partial charge in [0.15, 0.2) is 6.54 Å². The molecule has 28 heavy (non-hydrogen) atoms. The van der Waals surface area contributed by atoms with Crippen LogP contribution in [0.5, 0.6) is 5.75 Å². The number of hydrogen-bond acceptors (Lipinski definition) is 4. The maximum atomic E-state index is 12.3. The second kappa shape index (κ2) is 9.23. The van der Waals surface area contributed by atoms with E-state index in [1.165, 1.54) is 17.5 Å². The Kier molecular flexibility index (Phi) is 6.49. The van der Waals surface area contributed by atoms with Crippen LogP contribution in [0.15, 0.2) is 48.5 Å². The minimum absolute atomic E-state index is 0.000162. The Morgan fingerprint density at radius 3 is 2.07 bits per heavy atom. The van der Waals surface area contributed by atoms with E-state index in [0.29, 0.717) is 12.2 Å². The summed E-state index contributed by atoms with van der Waals surface area (Å²) in [5.74, 6) is 0.740. The van der Waals surface area contributed by atoms with Crippen LogP contribution in [-0.4, -0.2) is 51.6 Å². The van der Waals surface area contributed by atoms with Crippen molar-refractivity contribution in [1.82, 2.24) is 0 Å². The first kappa shape index (κ1) is 19.7. The molecule has 0 bridgehead atoms. The van der Waals surface area contributed by atoms with Gasteiger partial charge in [0.2, 0.25) is 5.91 Å². The average molecular weight is 383 g/mol. The number of carbonyl (C=O) groups excluding carboxylic acids is 2. The summed E-state index contributed by atoms with van der Waals surface area (Å²) in [6.07, 6.45) is 0. The van der Waals surface area contributed by atoms with Crippen LogP contribution in [-0.2, 0) is 9.59 Å². The number of carbonyl (C=O) groups is 2. The molecule has 0 spiro atoms. The second-order valence-electron chi connectivity index (χ2n) is 6.92. The number of piperazine rings is 1. The van der Waals surface area contributed by atoms with Crippen LogP contribution in [0.2, 0.25) is 0 Å². The predicted molar refractivity (Wildman–Crippen MR) is 110 cm³/mol. The van der Waals surface area contributed by atoms with Gasteiger partial charge >= 0.3 is 0 Å². The molecule has 0 aliphatic carbocycles. The molecule has 0 radical (unpaired) electrons. The highest BCUT2D eigenvalue weighted by Crippen LogP contribution is 2.19. The van der Waals surface area contributed by atoms with Crippen molar-refractivity contribution in [1.29, 1.82) is 0 Å². The monoisotopic (exact) mass is 383 g/mol. The Morgan fingerprint density at radius 1 is 0.964 bits per heavy atom. The standard InChI is InChI=1S/C21H26N4O3/c1-16(26)22-17-3-5-18(6-4-17)23-21(27)15-24-11-13-25(14-12-24)19-7-9-20(28-2)10-8-19/h3-10H,11-15H2,1-2H3,(H,22,26)(H,23,27)/p+1. The molecule has 2 aromatic rings. The molecule has 7 heteroatoms. The Balaban J connectivity index is 1.44. The van der Waals surface area contributed by atoms with Crippen molar-refractivity contribution in [2.75, 3.05) is 55.4 Å². The summed E-state index contributed by atoms with van der Waals surface area (Å²) in [5.41, 5.74) is 2.63. The van der Waals surface area contributed by atoms with Crippen molar-refractivity contribution in [2.24, 2.45) is 0 Å². The lowest BCUT2D eigenvalue weighted by molar-refractivity contribution is -0.892. The van der Waals surface area contributed by atoms with Gasteiger partial charge in [-0.3, -0.25) is 9.59 Å². The van der Waals surface area contributed by atoms with Crippen molar-refractivity contribution in [3.05, 3.63) is 48.5 Å². The minimum atomic E-state index is -0.117. The van der Waals surface area contributed by atoms with E-state index in [1.54, 1.807) is 31.4 Å². The van der Waals surface area contributed by atoms with Crippen molar-refractivity contribution in [3.63, 3.8) is 0 Å². The Labute approximate surface area is 165 Å². The molecule has 0 atom stereocenters. The van der Waals surface area contributed by atoms with Crippen LogP contribution in [0.25, 0.3) is 0 Å². The quantitative estimate of drug-likeness (QED) is 0.696. The first-order chi connectivity index (χ1) is 13.5. The number of rotatable bonds is 6. The van der Waals surface area contributed by atoms with E-state index in [4.69, 9.17) is 4.74 Å². The van der Waals surface area contributed by atoms with Crippen LogP contribution in [0.4, 0.5) is 17.1 Å². The molecule has 0 unspecified atom stereocenters. The highest BCUT2D eigenvalue weighted by Gasteiger charge is 2.22. The third kappa shape index (κ3) is 5.47. The molecule has 3 N–H and O–H groups in total. The summed E-state index contributed by atoms with van der Waals surface area (Å²) in [4.78, 5) is 27.0. The molecule has 0 aromatic heterocycles. The topological polar surface area (TPSA) is 75.1 Å². The van der Waals surface area contributed by atoms with Crippen LogP contribution in [0, 0.1) is 0 Å². The van der Waals surface area contributed by atoms with E-state index >= 15 is 0 Å². The van der Waals surface area contributed by atoms with Gasteiger partial charge in [-0.25, -0.2) is 0 Å². The van der Waals surface area contributed by atoms with Gasteiger partial charge in [0.05, 0.1) is 33.3 Å². The molecule has 1 aliphatic heterocycles. The zero-order valence-corrected chi connectivity index (χ0v) is 16.3. The molecule has 3 rings (SSSR count). The van der Waals surface area contributed by atoms with Crippen molar-refractivity contribution in [3.8, 4) is 5.75 Å². The molecule has 1 saturated heterocycles. The van der Waals surface area contributed by atoms with Crippen LogP contribution in [0.1, 0.15) is 6.92 Å². The highest BCUT2D eigenvalue weighted by molar-refractivity contribution is 5.92. The molecule has 1 heterocycles. The lowest BCUT2D eigenvalue weighted by Gasteiger charge is -2.33. The van der Waals surface area contributed by atoms with Crippen molar-refractivity contribution >= 4 is 28.9 Å². The van der Waals surface area contributed by atoms with Crippen LogP contribution in [0.3, 0.4) is 0 Å². The number of quaternary nitrogens is 1. The van der Waals surface area contributed by atoms with Gasteiger partial charge in [0.1, 0.15) is 5.75 Å². The van der Waals surface area contributed by atoms with E-state index in [-0.39, 0.29) is 11.8 Å². The van der Waals surface area contributed by atoms with E-state index in [2.05, 4.69) is 27.7 Å². The fourth-order valence-corrected chi connectivity index (χ4v) is 3.32. The lowest BCUT2D eigenvalue weighted by Crippen LogP contribution is -3.15. The fraction of sp³-hybridized carbons (Fsp3) is 0.333. The van der Waals surface area contributed by atoms with Gasteiger partial charge < -0.3 is 25.2 Å². The number of methoxy groups -OCH3 is 1. The van der Waals surface area contributed by atoms with E-state index in [0.717, 1.165) is 37.6 Å². The number of nitrogens with one attached hydrogen (secondary N) is 3. The van der Waals surface area contributed by atoms with Gasteiger partial charge in [-0.2, -0.15) is 0 Å². The first-order valence-corrected chi connectivity index (χ1v) is 9.43. The van der Waals surface area contributed by atoms with E-state index in [9.17, 15) is 9.59 Å². The van der Waals surface area contributed by atoms with Crippen LogP contribution >= 0.6 is 0 Å². The van der Waals surface area contributed by atoms with Crippen molar-refractivity contribution < 1.29 is 19.2 Å². The molecule has 2 amide bonds. The Bertz CT molecular complexity index is 797. The SMILES string of the molecule is COc1ccc(N2CC[NH+](CC(=O)Nc3ccc(NC(C)=O)cc3)CC2)cc1. The number of ether oxygens (including phenoxy) is 1. The molecule has 1 aliphatic rings. The Morgan fingerprint density at radius 2 is 1.54 bits per heavy atom. The summed E-state index contributed by atoms with van der Waals surface area (Å²) >= 11 is 0. The fourth-order valence-electron chi connectivity index (χ4n) is 3.32. The van der Waals surface area contributed by atoms with Gasteiger partial charge in [-0.15, -0.1) is 0 Å². The van der Waals surface area contributed by atoms with E-state index in [1.807, 2.05) is 12.1 Å². The number of benzene rings is 2. The lowest BCUT2D eigenvalue weighted by atomic mass is 10.2. The number of nitrogens with zero attached hydrogens (tertiary/aromatic N) is 1. The average Bonchev–Trinajstić information content (AvgIpc) is 2.70. The van der Waals surface area contributed by atoms with Crippen molar-refractivity contribution in [2.45, 2.75) is 6.92 Å². The molecule has 1 fully saturated rings. The molecule has 0 saturated carbocycles. The summed E-state index contributed by atoms with van der Waals surface area (Å²) in [6.45, 7) is 5.58. The molecular weight excluding hydrogens is 356 g/mol. The minimum Gasteiger partial charge on any atom is -0.497 e. The van der Waals surface area contributed by atoms with Gasteiger partial charge in [-0.1, -0.05) is 0 Å². The smallest absolute Gasteiger partial charge is 0.279 e. The second-order valence-corrected chi connectivity index (χ2v) is 6.92. The normalized spacial score (nSPS) is 14.4. The molecule has 148 valence electrons. The third-order valence-corrected chi connectivity index (χ3v) is 4.81. The maximum Gasteiger partial charge on any atom is 0.279 e. The third-order valence-electron chi connectivity index (χ3n) is 4.81. The van der Waals surface area contributed by atoms with E-state index < -0.39 is 0 Å². The number of hydrogen-bond donors (Lipinski definition) is 3. The zero-order chi connectivity index (χ0) is 19.9.